The standard InChI is InChI=1S/C35H46N6O3/c1-35(2,34(43)39-19-16-36-17-20-39)44-32-11-5-10-31(21-32)40-18-6-7-28(25-40)33(42)41(30-8-3-4-9-30)24-26-12-14-27(15-13-26)29-22-37-38-23-29/h5,10-15,21-23,28,30,36H,3-4,6-9,16-20,24-25H2,1-2H3,(H,37,38)/t28-/m1/s1. The molecule has 1 atom stereocenters. The predicted octanol–water partition coefficient (Wildman–Crippen LogP) is 4.85. The van der Waals surface area contributed by atoms with E-state index in [9.17, 15) is 9.59 Å². The lowest BCUT2D eigenvalue weighted by atomic mass is 9.94. The van der Waals surface area contributed by atoms with Crippen molar-refractivity contribution in [3.05, 3.63) is 66.5 Å². The first-order valence-electron chi connectivity index (χ1n) is 16.3. The lowest BCUT2D eigenvalue weighted by Crippen LogP contribution is -2.54. The summed E-state index contributed by atoms with van der Waals surface area (Å²) in [4.78, 5) is 33.8. The zero-order chi connectivity index (χ0) is 30.5. The number of nitrogens with one attached hydrogen (secondary N) is 2. The van der Waals surface area contributed by atoms with Gasteiger partial charge >= 0.3 is 0 Å². The normalized spacial score (nSPS) is 19.6. The number of rotatable bonds is 9. The summed E-state index contributed by atoms with van der Waals surface area (Å²) < 4.78 is 6.31. The third-order valence-electron chi connectivity index (χ3n) is 9.43. The van der Waals surface area contributed by atoms with Crippen LogP contribution in [0.3, 0.4) is 0 Å². The summed E-state index contributed by atoms with van der Waals surface area (Å²) >= 11 is 0. The molecule has 0 radical (unpaired) electrons. The number of piperazine rings is 1. The van der Waals surface area contributed by atoms with Crippen molar-refractivity contribution in [1.29, 1.82) is 0 Å². The van der Waals surface area contributed by atoms with Gasteiger partial charge in [-0.2, -0.15) is 5.10 Å². The number of hydrogen-bond donors (Lipinski definition) is 2. The highest BCUT2D eigenvalue weighted by Gasteiger charge is 2.36. The van der Waals surface area contributed by atoms with Crippen LogP contribution in [0.5, 0.6) is 5.75 Å². The summed E-state index contributed by atoms with van der Waals surface area (Å²) in [5.74, 6) is 0.910. The Bertz CT molecular complexity index is 1390. The number of ether oxygens (including phenoxy) is 1. The van der Waals surface area contributed by atoms with Crippen LogP contribution >= 0.6 is 0 Å². The summed E-state index contributed by atoms with van der Waals surface area (Å²) in [6.45, 7) is 8.94. The molecule has 2 N–H and O–H groups in total. The number of aromatic nitrogens is 2. The van der Waals surface area contributed by atoms with Crippen LogP contribution in [0, 0.1) is 5.92 Å². The molecule has 3 fully saturated rings. The van der Waals surface area contributed by atoms with E-state index in [4.69, 9.17) is 4.74 Å². The molecule has 9 nitrogen and oxygen atoms in total. The number of carbonyl (C=O) groups excluding carboxylic acids is 2. The molecule has 2 amide bonds. The molecule has 9 heteroatoms. The van der Waals surface area contributed by atoms with Gasteiger partial charge < -0.3 is 24.8 Å². The van der Waals surface area contributed by atoms with Crippen molar-refractivity contribution in [3.8, 4) is 16.9 Å². The van der Waals surface area contributed by atoms with Gasteiger partial charge in [0.1, 0.15) is 5.75 Å². The highest BCUT2D eigenvalue weighted by atomic mass is 16.5. The van der Waals surface area contributed by atoms with Gasteiger partial charge in [0.05, 0.1) is 12.1 Å². The second-order valence-electron chi connectivity index (χ2n) is 13.0. The van der Waals surface area contributed by atoms with Crippen LogP contribution in [0.2, 0.25) is 0 Å². The lowest BCUT2D eigenvalue weighted by Gasteiger charge is -2.38. The molecule has 0 unspecified atom stereocenters. The summed E-state index contributed by atoms with van der Waals surface area (Å²) in [7, 11) is 0. The van der Waals surface area contributed by atoms with Crippen molar-refractivity contribution in [3.63, 3.8) is 0 Å². The first-order valence-corrected chi connectivity index (χ1v) is 16.3. The smallest absolute Gasteiger partial charge is 0.266 e. The molecular formula is C35H46N6O3. The van der Waals surface area contributed by atoms with Crippen LogP contribution in [-0.4, -0.2) is 82.7 Å². The topological polar surface area (TPSA) is 93.8 Å². The number of H-pyrrole nitrogens is 1. The van der Waals surface area contributed by atoms with Gasteiger partial charge in [0.25, 0.3) is 5.91 Å². The van der Waals surface area contributed by atoms with Gasteiger partial charge in [-0.25, -0.2) is 0 Å². The summed E-state index contributed by atoms with van der Waals surface area (Å²) in [6, 6.07) is 16.8. The molecule has 1 aromatic heterocycles. The Hall–Kier alpha value is -3.85. The first-order chi connectivity index (χ1) is 21.4. The third kappa shape index (κ3) is 6.93. The van der Waals surface area contributed by atoms with Gasteiger partial charge in [0.2, 0.25) is 5.91 Å². The van der Waals surface area contributed by atoms with E-state index in [1.165, 1.54) is 12.8 Å². The average Bonchev–Trinajstić information content (AvgIpc) is 3.79. The molecule has 2 aromatic carbocycles. The molecule has 3 heterocycles. The molecule has 3 aliphatic rings. The summed E-state index contributed by atoms with van der Waals surface area (Å²) in [5, 5.41) is 10.2. The number of aromatic amines is 1. The largest absolute Gasteiger partial charge is 0.478 e. The maximum Gasteiger partial charge on any atom is 0.266 e. The third-order valence-corrected chi connectivity index (χ3v) is 9.43. The van der Waals surface area contributed by atoms with E-state index in [-0.39, 0.29) is 17.7 Å². The van der Waals surface area contributed by atoms with Gasteiger partial charge in [0.15, 0.2) is 5.60 Å². The van der Waals surface area contributed by atoms with Crippen LogP contribution in [-0.2, 0) is 16.1 Å². The highest BCUT2D eigenvalue weighted by molar-refractivity contribution is 5.85. The molecule has 2 saturated heterocycles. The number of carbonyl (C=O) groups is 2. The minimum Gasteiger partial charge on any atom is -0.478 e. The quantitative estimate of drug-likeness (QED) is 0.366. The SMILES string of the molecule is CC(C)(Oc1cccc(N2CCC[C@@H](C(=O)N(Cc3ccc(-c4cn[nH]c4)cc3)C3CCCC3)C2)c1)C(=O)N1CCNCC1. The van der Waals surface area contributed by atoms with Crippen LogP contribution < -0.4 is 15.0 Å². The highest BCUT2D eigenvalue weighted by Crippen LogP contribution is 2.32. The number of amides is 2. The van der Waals surface area contributed by atoms with Gasteiger partial charge in [-0.1, -0.05) is 43.2 Å². The van der Waals surface area contributed by atoms with E-state index in [0.29, 0.717) is 38.0 Å². The van der Waals surface area contributed by atoms with Gasteiger partial charge in [-0.05, 0) is 62.8 Å². The van der Waals surface area contributed by atoms with E-state index in [1.54, 1.807) is 0 Å². The Morgan fingerprint density at radius 3 is 2.48 bits per heavy atom. The van der Waals surface area contributed by atoms with E-state index >= 15 is 0 Å². The number of hydrogen-bond acceptors (Lipinski definition) is 6. The Kier molecular flexibility index (Phi) is 9.21. The van der Waals surface area contributed by atoms with Crippen molar-refractivity contribution in [1.82, 2.24) is 25.3 Å². The molecule has 1 aliphatic carbocycles. The summed E-state index contributed by atoms with van der Waals surface area (Å²) in [5.41, 5.74) is 3.41. The molecule has 6 rings (SSSR count). The Balaban J connectivity index is 1.13. The molecule has 0 spiro atoms. The van der Waals surface area contributed by atoms with Gasteiger partial charge in [-0.3, -0.25) is 14.7 Å². The second-order valence-corrected chi connectivity index (χ2v) is 13.0. The zero-order valence-electron chi connectivity index (χ0n) is 26.1. The molecule has 234 valence electrons. The fraction of sp³-hybridized carbons (Fsp3) is 0.514. The van der Waals surface area contributed by atoms with E-state index in [2.05, 4.69) is 55.6 Å². The minimum atomic E-state index is -0.963. The number of benzene rings is 2. The van der Waals surface area contributed by atoms with Crippen molar-refractivity contribution in [2.75, 3.05) is 44.2 Å². The van der Waals surface area contributed by atoms with Crippen molar-refractivity contribution in [2.45, 2.75) is 70.6 Å². The predicted molar refractivity (Wildman–Crippen MR) is 172 cm³/mol. The van der Waals surface area contributed by atoms with Crippen LogP contribution in [0.15, 0.2) is 60.9 Å². The van der Waals surface area contributed by atoms with Crippen molar-refractivity contribution >= 4 is 17.5 Å². The maximum atomic E-state index is 14.2. The fourth-order valence-electron chi connectivity index (χ4n) is 6.99. The summed E-state index contributed by atoms with van der Waals surface area (Å²) in [6.07, 6.45) is 10.1. The number of nitrogens with zero attached hydrogens (tertiary/aromatic N) is 4. The van der Waals surface area contributed by atoms with E-state index in [1.807, 2.05) is 49.3 Å². The lowest BCUT2D eigenvalue weighted by molar-refractivity contribution is -0.146. The van der Waals surface area contributed by atoms with E-state index in [0.717, 1.165) is 67.7 Å². The number of piperidine rings is 1. The van der Waals surface area contributed by atoms with Crippen molar-refractivity contribution < 1.29 is 14.3 Å². The molecule has 44 heavy (non-hydrogen) atoms. The van der Waals surface area contributed by atoms with Crippen LogP contribution in [0.25, 0.3) is 11.1 Å². The molecule has 2 aliphatic heterocycles. The molecule has 0 bridgehead atoms. The fourth-order valence-corrected chi connectivity index (χ4v) is 6.99. The Morgan fingerprint density at radius 1 is 0.977 bits per heavy atom. The van der Waals surface area contributed by atoms with E-state index < -0.39 is 5.60 Å². The zero-order valence-corrected chi connectivity index (χ0v) is 26.1. The van der Waals surface area contributed by atoms with Gasteiger partial charge in [-0.15, -0.1) is 0 Å². The molecule has 1 saturated carbocycles. The van der Waals surface area contributed by atoms with Crippen LogP contribution in [0.4, 0.5) is 5.69 Å². The maximum absolute atomic E-state index is 14.2. The molecular weight excluding hydrogens is 552 g/mol. The van der Waals surface area contributed by atoms with Crippen molar-refractivity contribution in [2.24, 2.45) is 5.92 Å². The molecule has 3 aromatic rings. The Labute approximate surface area is 260 Å². The van der Waals surface area contributed by atoms with Crippen LogP contribution in [0.1, 0.15) is 57.9 Å². The second kappa shape index (κ2) is 13.4. The average molecular weight is 599 g/mol. The first kappa shape index (κ1) is 30.2. The Morgan fingerprint density at radius 2 is 1.75 bits per heavy atom. The number of anilines is 1. The minimum absolute atomic E-state index is 0.0103. The van der Waals surface area contributed by atoms with Gasteiger partial charge in [0, 0.05) is 75.4 Å². The monoisotopic (exact) mass is 598 g/mol.